The monoisotopic (exact) mass is 326 g/mol. The van der Waals surface area contributed by atoms with Crippen LogP contribution in [0.1, 0.15) is 11.3 Å². The largest absolute Gasteiger partial charge is 0.447 e. The molecule has 1 aromatic heterocycles. The number of pyridine rings is 1. The fourth-order valence-electron chi connectivity index (χ4n) is 2.49. The van der Waals surface area contributed by atoms with E-state index in [1.165, 1.54) is 24.3 Å². The first-order valence-electron chi connectivity index (χ1n) is 7.47. The minimum absolute atomic E-state index is 0.169. The molecule has 2 aromatic rings. The van der Waals surface area contributed by atoms with Crippen LogP contribution in [0.2, 0.25) is 0 Å². The lowest BCUT2D eigenvalue weighted by Gasteiger charge is -2.18. The molecule has 6 heteroatoms. The van der Waals surface area contributed by atoms with Crippen molar-refractivity contribution in [3.05, 3.63) is 71.8 Å². The maximum absolute atomic E-state index is 12.8. The lowest BCUT2D eigenvalue weighted by molar-refractivity contribution is -0.124. The molecule has 0 saturated carbocycles. The summed E-state index contributed by atoms with van der Waals surface area (Å²) in [5.41, 5.74) is 1.44. The Kier molecular flexibility index (Phi) is 4.65. The van der Waals surface area contributed by atoms with Gasteiger partial charge >= 0.3 is 6.09 Å². The van der Waals surface area contributed by atoms with E-state index < -0.39 is 17.8 Å². The second-order valence-corrected chi connectivity index (χ2v) is 5.36. The van der Waals surface area contributed by atoms with Gasteiger partial charge in [0.2, 0.25) is 0 Å². The Hall–Kier alpha value is -3.02. The van der Waals surface area contributed by atoms with Gasteiger partial charge in [-0.2, -0.15) is 0 Å². The zero-order chi connectivity index (χ0) is 16.9. The van der Waals surface area contributed by atoms with Crippen LogP contribution in [0.25, 0.3) is 6.08 Å². The highest BCUT2D eigenvalue weighted by Crippen LogP contribution is 2.18. The minimum Gasteiger partial charge on any atom is -0.447 e. The Morgan fingerprint density at radius 2 is 2.08 bits per heavy atom. The van der Waals surface area contributed by atoms with E-state index in [2.05, 4.69) is 4.98 Å². The van der Waals surface area contributed by atoms with Crippen LogP contribution in [0.4, 0.5) is 9.18 Å². The molecule has 1 aliphatic heterocycles. The summed E-state index contributed by atoms with van der Waals surface area (Å²) < 4.78 is 17.8. The van der Waals surface area contributed by atoms with E-state index in [0.29, 0.717) is 12.1 Å². The van der Waals surface area contributed by atoms with Gasteiger partial charge in [0.1, 0.15) is 12.4 Å². The third-order valence-electron chi connectivity index (χ3n) is 3.66. The van der Waals surface area contributed by atoms with Crippen LogP contribution in [0, 0.1) is 5.82 Å². The second-order valence-electron chi connectivity index (χ2n) is 5.36. The molecule has 0 aliphatic carbocycles. The van der Waals surface area contributed by atoms with Gasteiger partial charge in [-0.25, -0.2) is 14.1 Å². The number of imide groups is 1. The lowest BCUT2D eigenvalue weighted by Crippen LogP contribution is -2.39. The number of cyclic esters (lactones) is 1. The van der Waals surface area contributed by atoms with Gasteiger partial charge in [0.05, 0.1) is 17.9 Å². The zero-order valence-corrected chi connectivity index (χ0v) is 12.8. The molecule has 0 spiro atoms. The highest BCUT2D eigenvalue weighted by atomic mass is 19.1. The molecular weight excluding hydrogens is 311 g/mol. The number of hydrogen-bond donors (Lipinski definition) is 0. The number of carbonyl (C=O) groups is 2. The highest BCUT2D eigenvalue weighted by molar-refractivity contribution is 6.01. The van der Waals surface area contributed by atoms with Gasteiger partial charge < -0.3 is 4.74 Å². The van der Waals surface area contributed by atoms with Crippen molar-refractivity contribution in [1.82, 2.24) is 9.88 Å². The van der Waals surface area contributed by atoms with Gasteiger partial charge in [0, 0.05) is 6.08 Å². The maximum Gasteiger partial charge on any atom is 0.417 e. The molecule has 5 nitrogen and oxygen atoms in total. The van der Waals surface area contributed by atoms with Crippen molar-refractivity contribution in [2.45, 2.75) is 12.5 Å². The molecule has 1 aliphatic rings. The van der Waals surface area contributed by atoms with Gasteiger partial charge in [0.25, 0.3) is 5.91 Å². The van der Waals surface area contributed by atoms with Crippen LogP contribution in [0.5, 0.6) is 0 Å². The average Bonchev–Trinajstić information content (AvgIpc) is 2.95. The first-order chi connectivity index (χ1) is 11.6. The van der Waals surface area contributed by atoms with Crippen LogP contribution in [0.15, 0.2) is 54.7 Å². The molecule has 0 radical (unpaired) electrons. The van der Waals surface area contributed by atoms with Crippen molar-refractivity contribution in [1.29, 1.82) is 0 Å². The van der Waals surface area contributed by atoms with Gasteiger partial charge in [-0.15, -0.1) is 0 Å². The predicted octanol–water partition coefficient (Wildman–Crippen LogP) is 2.82. The average molecular weight is 326 g/mol. The van der Waals surface area contributed by atoms with E-state index in [9.17, 15) is 14.0 Å². The van der Waals surface area contributed by atoms with E-state index in [4.69, 9.17) is 4.74 Å². The molecule has 1 fully saturated rings. The molecule has 1 saturated heterocycles. The van der Waals surface area contributed by atoms with E-state index >= 15 is 0 Å². The Bertz CT molecular complexity index is 760. The number of nitrogens with zero attached hydrogens (tertiary/aromatic N) is 2. The normalized spacial score (nSPS) is 17.3. The summed E-state index contributed by atoms with van der Waals surface area (Å²) in [7, 11) is 0. The smallest absolute Gasteiger partial charge is 0.417 e. The lowest BCUT2D eigenvalue weighted by atomic mass is 10.1. The van der Waals surface area contributed by atoms with Crippen LogP contribution in [-0.2, 0) is 16.0 Å². The summed E-state index contributed by atoms with van der Waals surface area (Å²) >= 11 is 0. The Morgan fingerprint density at radius 1 is 1.29 bits per heavy atom. The minimum atomic E-state index is -0.655. The SMILES string of the molecule is O=C(/C=C/c1ccc(F)cn1)N1C(=O)OC[C@H]1Cc1ccccc1. The van der Waals surface area contributed by atoms with Gasteiger partial charge in [-0.3, -0.25) is 9.78 Å². The van der Waals surface area contributed by atoms with Crippen LogP contribution < -0.4 is 0 Å². The molecule has 2 heterocycles. The number of hydrogen-bond acceptors (Lipinski definition) is 4. The second kappa shape index (κ2) is 7.04. The number of aromatic nitrogens is 1. The van der Waals surface area contributed by atoms with Crippen molar-refractivity contribution >= 4 is 18.1 Å². The van der Waals surface area contributed by atoms with Crippen molar-refractivity contribution in [3.8, 4) is 0 Å². The molecule has 24 heavy (non-hydrogen) atoms. The number of carbonyl (C=O) groups excluding carboxylic acids is 2. The summed E-state index contributed by atoms with van der Waals surface area (Å²) in [6.45, 7) is 0.169. The molecule has 0 bridgehead atoms. The Balaban J connectivity index is 1.71. The molecule has 0 unspecified atom stereocenters. The molecule has 122 valence electrons. The zero-order valence-electron chi connectivity index (χ0n) is 12.8. The van der Waals surface area contributed by atoms with E-state index in [1.54, 1.807) is 0 Å². The van der Waals surface area contributed by atoms with E-state index in [-0.39, 0.29) is 12.6 Å². The quantitative estimate of drug-likeness (QED) is 0.811. The summed E-state index contributed by atoms with van der Waals surface area (Å²) in [6.07, 6.45) is 3.61. The van der Waals surface area contributed by atoms with Gasteiger partial charge in [-0.05, 0) is 30.2 Å². The van der Waals surface area contributed by atoms with Crippen molar-refractivity contribution in [2.24, 2.45) is 0 Å². The fraction of sp³-hybridized carbons (Fsp3) is 0.167. The summed E-state index contributed by atoms with van der Waals surface area (Å²) in [5, 5.41) is 0. The first-order valence-corrected chi connectivity index (χ1v) is 7.47. The third-order valence-corrected chi connectivity index (χ3v) is 3.66. The molecule has 1 aromatic carbocycles. The van der Waals surface area contributed by atoms with Gasteiger partial charge in [-0.1, -0.05) is 30.3 Å². The number of ether oxygens (including phenoxy) is 1. The molecule has 2 amide bonds. The number of amides is 2. The Morgan fingerprint density at radius 3 is 2.79 bits per heavy atom. The van der Waals surface area contributed by atoms with Crippen molar-refractivity contribution in [3.63, 3.8) is 0 Å². The summed E-state index contributed by atoms with van der Waals surface area (Å²) in [6, 6.07) is 11.9. The fourth-order valence-corrected chi connectivity index (χ4v) is 2.49. The van der Waals surface area contributed by atoms with E-state index in [0.717, 1.165) is 16.7 Å². The maximum atomic E-state index is 12.8. The van der Waals surface area contributed by atoms with Crippen LogP contribution in [-0.4, -0.2) is 34.5 Å². The summed E-state index contributed by atoms with van der Waals surface area (Å²) in [4.78, 5) is 29.1. The Labute approximate surface area is 138 Å². The topological polar surface area (TPSA) is 59.5 Å². The van der Waals surface area contributed by atoms with Crippen LogP contribution >= 0.6 is 0 Å². The standard InChI is InChI=1S/C18H15FN2O3/c19-14-6-7-15(20-11-14)8-9-17(22)21-16(12-24-18(21)23)10-13-4-2-1-3-5-13/h1-9,11,16H,10,12H2/b9-8+/t16-/m1/s1. The van der Waals surface area contributed by atoms with E-state index in [1.807, 2.05) is 30.3 Å². The number of rotatable bonds is 4. The first kappa shape index (κ1) is 15.9. The highest BCUT2D eigenvalue weighted by Gasteiger charge is 2.36. The molecule has 0 N–H and O–H groups in total. The number of benzene rings is 1. The summed E-state index contributed by atoms with van der Waals surface area (Å²) in [5.74, 6) is -0.936. The van der Waals surface area contributed by atoms with Crippen molar-refractivity contribution < 1.29 is 18.7 Å². The molecule has 3 rings (SSSR count). The third kappa shape index (κ3) is 3.65. The van der Waals surface area contributed by atoms with Crippen molar-refractivity contribution in [2.75, 3.05) is 6.61 Å². The molecular formula is C18H15FN2O3. The van der Waals surface area contributed by atoms with Crippen LogP contribution in [0.3, 0.4) is 0 Å². The molecule has 1 atom stereocenters. The predicted molar refractivity (Wildman–Crippen MR) is 85.4 cm³/mol. The number of halogens is 1. The van der Waals surface area contributed by atoms with Gasteiger partial charge in [0.15, 0.2) is 0 Å².